The summed E-state index contributed by atoms with van der Waals surface area (Å²) < 4.78 is 15.6. The average Bonchev–Trinajstić information content (AvgIpc) is 3.39. The zero-order valence-corrected chi connectivity index (χ0v) is 17.0. The Bertz CT molecular complexity index is 1130. The molecule has 2 aromatic carbocycles. The van der Waals surface area contributed by atoms with Gasteiger partial charge in [-0.05, 0) is 49.4 Å². The molecule has 0 spiro atoms. The van der Waals surface area contributed by atoms with Gasteiger partial charge in [0.15, 0.2) is 5.82 Å². The van der Waals surface area contributed by atoms with Crippen LogP contribution in [0.15, 0.2) is 65.4 Å². The van der Waals surface area contributed by atoms with Crippen molar-refractivity contribution < 1.29 is 9.18 Å². The van der Waals surface area contributed by atoms with Crippen LogP contribution in [0, 0.1) is 12.7 Å². The van der Waals surface area contributed by atoms with Crippen molar-refractivity contribution in [2.24, 2.45) is 0 Å². The topological polar surface area (TPSA) is 72.7 Å². The van der Waals surface area contributed by atoms with E-state index in [0.29, 0.717) is 11.3 Å². The first-order valence-electron chi connectivity index (χ1n) is 8.68. The van der Waals surface area contributed by atoms with Crippen molar-refractivity contribution >= 4 is 34.7 Å². The maximum Gasteiger partial charge on any atom is 0.255 e. The molecule has 2 aromatic heterocycles. The van der Waals surface area contributed by atoms with E-state index in [9.17, 15) is 9.18 Å². The Morgan fingerprint density at radius 2 is 2.07 bits per heavy atom. The molecule has 4 aromatic rings. The fourth-order valence-corrected chi connectivity index (χ4v) is 4.15. The van der Waals surface area contributed by atoms with Crippen LogP contribution in [-0.4, -0.2) is 25.7 Å². The van der Waals surface area contributed by atoms with Gasteiger partial charge in [0.1, 0.15) is 18.3 Å². The summed E-state index contributed by atoms with van der Waals surface area (Å²) in [5.74, 6) is -0.0188. The fourth-order valence-electron chi connectivity index (χ4n) is 2.64. The van der Waals surface area contributed by atoms with Crippen LogP contribution in [0.4, 0.5) is 10.1 Å². The van der Waals surface area contributed by atoms with Gasteiger partial charge in [-0.15, -0.1) is 23.1 Å². The molecule has 0 saturated carbocycles. The number of thiazole rings is 1. The Kier molecular flexibility index (Phi) is 5.68. The number of thioether (sulfide) groups is 1. The van der Waals surface area contributed by atoms with E-state index in [1.165, 1.54) is 23.4 Å². The normalized spacial score (nSPS) is 10.8. The largest absolute Gasteiger partial charge is 0.322 e. The predicted octanol–water partition coefficient (Wildman–Crippen LogP) is 4.72. The lowest BCUT2D eigenvalue weighted by Crippen LogP contribution is -2.12. The van der Waals surface area contributed by atoms with E-state index < -0.39 is 5.82 Å². The van der Waals surface area contributed by atoms with E-state index >= 15 is 0 Å². The third-order valence-electron chi connectivity index (χ3n) is 4.04. The minimum atomic E-state index is -0.502. The van der Waals surface area contributed by atoms with Crippen molar-refractivity contribution in [3.8, 4) is 5.69 Å². The zero-order chi connectivity index (χ0) is 20.2. The van der Waals surface area contributed by atoms with Crippen molar-refractivity contribution in [3.05, 3.63) is 82.6 Å². The van der Waals surface area contributed by atoms with E-state index in [1.54, 1.807) is 47.4 Å². The number of carbonyl (C=O) groups excluding carboxylic acids is 1. The third-order valence-corrected chi connectivity index (χ3v) is 5.91. The maximum absolute atomic E-state index is 14.3. The molecule has 1 N–H and O–H groups in total. The molecule has 9 heteroatoms. The van der Waals surface area contributed by atoms with Crippen molar-refractivity contribution in [3.63, 3.8) is 0 Å². The van der Waals surface area contributed by atoms with Gasteiger partial charge in [0, 0.05) is 27.3 Å². The highest BCUT2D eigenvalue weighted by Gasteiger charge is 2.10. The van der Waals surface area contributed by atoms with Gasteiger partial charge in [0.25, 0.3) is 5.91 Å². The molecule has 0 saturated heterocycles. The van der Waals surface area contributed by atoms with Crippen LogP contribution in [0.3, 0.4) is 0 Å². The Balaban J connectivity index is 1.38. The highest BCUT2D eigenvalue weighted by molar-refractivity contribution is 7.98. The number of hydrogen-bond donors (Lipinski definition) is 1. The highest BCUT2D eigenvalue weighted by Crippen LogP contribution is 2.24. The van der Waals surface area contributed by atoms with E-state index in [4.69, 9.17) is 0 Å². The molecule has 2 heterocycles. The molecule has 146 valence electrons. The minimum absolute atomic E-state index is 0.261. The summed E-state index contributed by atoms with van der Waals surface area (Å²) in [6.07, 6.45) is 2.74. The summed E-state index contributed by atoms with van der Waals surface area (Å²) in [5.41, 5.74) is 2.18. The fraction of sp³-hybridized carbons (Fsp3) is 0.100. The Morgan fingerprint density at radius 3 is 2.72 bits per heavy atom. The number of aromatic nitrogens is 4. The van der Waals surface area contributed by atoms with Crippen LogP contribution in [0.25, 0.3) is 5.69 Å². The van der Waals surface area contributed by atoms with E-state index in [1.807, 2.05) is 19.1 Å². The quantitative estimate of drug-likeness (QED) is 0.453. The van der Waals surface area contributed by atoms with Gasteiger partial charge in [0.05, 0.1) is 10.7 Å². The number of nitrogens with zero attached hydrogens (tertiary/aromatic N) is 4. The van der Waals surface area contributed by atoms with Gasteiger partial charge in [-0.3, -0.25) is 4.79 Å². The first-order chi connectivity index (χ1) is 14.1. The van der Waals surface area contributed by atoms with E-state index in [0.717, 1.165) is 21.3 Å². The van der Waals surface area contributed by atoms with Crippen LogP contribution in [0.2, 0.25) is 0 Å². The van der Waals surface area contributed by atoms with Crippen LogP contribution in [0.1, 0.15) is 21.1 Å². The standard InChI is InChI=1S/C20H16FN5OS2/c1-13-24-16(9-28-13)10-29-17-5-2-14(3-6-17)20(27)25-15-4-7-19(18(21)8-15)26-12-22-11-23-26/h2-9,11-12H,10H2,1H3,(H,25,27). The number of halogens is 1. The summed E-state index contributed by atoms with van der Waals surface area (Å²) in [4.78, 5) is 21.7. The van der Waals surface area contributed by atoms with Crippen molar-refractivity contribution in [2.45, 2.75) is 17.6 Å². The molecular weight excluding hydrogens is 409 g/mol. The maximum atomic E-state index is 14.3. The monoisotopic (exact) mass is 425 g/mol. The summed E-state index contributed by atoms with van der Waals surface area (Å²) in [6.45, 7) is 1.99. The first-order valence-corrected chi connectivity index (χ1v) is 10.5. The van der Waals surface area contributed by atoms with E-state index in [-0.39, 0.29) is 11.6 Å². The Morgan fingerprint density at radius 1 is 1.24 bits per heavy atom. The lowest BCUT2D eigenvalue weighted by atomic mass is 10.2. The number of carbonyl (C=O) groups is 1. The molecule has 0 aliphatic carbocycles. The van der Waals surface area contributed by atoms with Gasteiger partial charge in [-0.1, -0.05) is 0 Å². The summed E-state index contributed by atoms with van der Waals surface area (Å²) in [6, 6.07) is 11.7. The number of hydrogen-bond acceptors (Lipinski definition) is 6. The lowest BCUT2D eigenvalue weighted by molar-refractivity contribution is 0.102. The number of benzene rings is 2. The molecule has 0 bridgehead atoms. The second kappa shape index (κ2) is 8.54. The van der Waals surface area contributed by atoms with Gasteiger partial charge >= 0.3 is 0 Å². The van der Waals surface area contributed by atoms with Crippen LogP contribution in [0.5, 0.6) is 0 Å². The summed E-state index contributed by atoms with van der Waals surface area (Å²) in [5, 5.41) is 9.72. The molecule has 0 aliphatic rings. The number of rotatable bonds is 6. The highest BCUT2D eigenvalue weighted by atomic mass is 32.2. The molecule has 1 amide bonds. The Hall–Kier alpha value is -3.04. The summed E-state index contributed by atoms with van der Waals surface area (Å²) >= 11 is 3.30. The smallest absolute Gasteiger partial charge is 0.255 e. The molecule has 4 rings (SSSR count). The van der Waals surface area contributed by atoms with Gasteiger partial charge in [-0.25, -0.2) is 19.0 Å². The average molecular weight is 426 g/mol. The molecular formula is C20H16FN5OS2. The SMILES string of the molecule is Cc1nc(CSc2ccc(C(=O)Nc3ccc(-n4cncn4)c(F)c3)cc2)cs1. The Labute approximate surface area is 174 Å². The summed E-state index contributed by atoms with van der Waals surface area (Å²) in [7, 11) is 0. The van der Waals surface area contributed by atoms with E-state index in [2.05, 4.69) is 25.8 Å². The number of anilines is 1. The zero-order valence-electron chi connectivity index (χ0n) is 15.4. The van der Waals surface area contributed by atoms with Crippen LogP contribution in [-0.2, 0) is 5.75 Å². The molecule has 0 atom stereocenters. The second-order valence-corrected chi connectivity index (χ2v) is 8.24. The van der Waals surface area contributed by atoms with Crippen LogP contribution < -0.4 is 5.32 Å². The molecule has 6 nitrogen and oxygen atoms in total. The number of aryl methyl sites for hydroxylation is 1. The van der Waals surface area contributed by atoms with Crippen molar-refractivity contribution in [2.75, 3.05) is 5.32 Å². The molecule has 29 heavy (non-hydrogen) atoms. The molecule has 0 radical (unpaired) electrons. The molecule has 0 fully saturated rings. The van der Waals surface area contributed by atoms with Gasteiger partial charge in [-0.2, -0.15) is 5.10 Å². The lowest BCUT2D eigenvalue weighted by Gasteiger charge is -2.08. The predicted molar refractivity (Wildman–Crippen MR) is 112 cm³/mol. The molecule has 0 unspecified atom stereocenters. The third kappa shape index (κ3) is 4.69. The van der Waals surface area contributed by atoms with Crippen molar-refractivity contribution in [1.29, 1.82) is 0 Å². The van der Waals surface area contributed by atoms with Gasteiger partial charge in [0.2, 0.25) is 0 Å². The van der Waals surface area contributed by atoms with Crippen molar-refractivity contribution in [1.82, 2.24) is 19.7 Å². The van der Waals surface area contributed by atoms with Gasteiger partial charge < -0.3 is 5.32 Å². The second-order valence-electron chi connectivity index (χ2n) is 6.13. The first kappa shape index (κ1) is 19.3. The molecule has 0 aliphatic heterocycles. The van der Waals surface area contributed by atoms with Crippen LogP contribution >= 0.6 is 23.1 Å². The minimum Gasteiger partial charge on any atom is -0.322 e. The number of nitrogens with one attached hydrogen (secondary N) is 1. The number of amides is 1.